The van der Waals surface area contributed by atoms with Gasteiger partial charge in [-0.1, -0.05) is 12.1 Å². The molecule has 0 unspecified atom stereocenters. The molecule has 0 atom stereocenters. The summed E-state index contributed by atoms with van der Waals surface area (Å²) in [6, 6.07) is 11.5. The monoisotopic (exact) mass is 392 g/mol. The fourth-order valence-electron chi connectivity index (χ4n) is 2.23. The number of anilines is 1. The minimum Gasteiger partial charge on any atom is -0.493 e. The van der Waals surface area contributed by atoms with E-state index in [-0.39, 0.29) is 12.5 Å². The summed E-state index contributed by atoms with van der Waals surface area (Å²) >= 11 is 3.45. The van der Waals surface area contributed by atoms with Crippen molar-refractivity contribution < 1.29 is 14.3 Å². The van der Waals surface area contributed by atoms with Crippen LogP contribution in [0.25, 0.3) is 0 Å². The first kappa shape index (κ1) is 18.3. The average Bonchev–Trinajstić information content (AvgIpc) is 2.57. The largest absolute Gasteiger partial charge is 0.493 e. The fourth-order valence-corrected chi connectivity index (χ4v) is 2.82. The van der Waals surface area contributed by atoms with Crippen LogP contribution in [0, 0.1) is 6.92 Å². The van der Waals surface area contributed by atoms with E-state index < -0.39 is 0 Å². The lowest BCUT2D eigenvalue weighted by molar-refractivity contribution is -0.115. The molecule has 24 heavy (non-hydrogen) atoms. The second-order valence-electron chi connectivity index (χ2n) is 5.32. The van der Waals surface area contributed by atoms with Gasteiger partial charge < -0.3 is 20.1 Å². The number of carbonyl (C=O) groups is 1. The Bertz CT molecular complexity index is 719. The Morgan fingerprint density at radius 2 is 1.83 bits per heavy atom. The van der Waals surface area contributed by atoms with Gasteiger partial charge in [0.25, 0.3) is 0 Å². The molecule has 2 rings (SSSR count). The molecule has 0 saturated heterocycles. The molecular formula is C18H21BrN2O3. The van der Waals surface area contributed by atoms with E-state index >= 15 is 0 Å². The lowest BCUT2D eigenvalue weighted by Crippen LogP contribution is -2.27. The van der Waals surface area contributed by atoms with Crippen molar-refractivity contribution in [1.29, 1.82) is 0 Å². The van der Waals surface area contributed by atoms with Crippen molar-refractivity contribution in [2.45, 2.75) is 13.5 Å². The molecule has 0 aliphatic carbocycles. The molecule has 0 heterocycles. The van der Waals surface area contributed by atoms with E-state index in [2.05, 4.69) is 26.6 Å². The van der Waals surface area contributed by atoms with E-state index in [1.807, 2.05) is 43.3 Å². The molecular weight excluding hydrogens is 372 g/mol. The lowest BCUT2D eigenvalue weighted by atomic mass is 10.2. The number of amides is 1. The topological polar surface area (TPSA) is 59.6 Å². The molecule has 0 aliphatic rings. The Balaban J connectivity index is 1.86. The Morgan fingerprint density at radius 3 is 2.50 bits per heavy atom. The van der Waals surface area contributed by atoms with Crippen LogP contribution in [0.2, 0.25) is 0 Å². The predicted octanol–water partition coefficient (Wildman–Crippen LogP) is 3.50. The highest BCUT2D eigenvalue weighted by molar-refractivity contribution is 9.10. The fraction of sp³-hybridized carbons (Fsp3) is 0.278. The van der Waals surface area contributed by atoms with E-state index in [0.29, 0.717) is 18.0 Å². The Labute approximate surface area is 150 Å². The van der Waals surface area contributed by atoms with Gasteiger partial charge in [0.05, 0.1) is 26.5 Å². The van der Waals surface area contributed by atoms with Gasteiger partial charge in [-0.15, -0.1) is 0 Å². The summed E-state index contributed by atoms with van der Waals surface area (Å²) < 4.78 is 11.3. The van der Waals surface area contributed by atoms with E-state index in [4.69, 9.17) is 9.47 Å². The molecule has 0 aromatic heterocycles. The van der Waals surface area contributed by atoms with Gasteiger partial charge in [-0.2, -0.15) is 0 Å². The van der Waals surface area contributed by atoms with Crippen LogP contribution >= 0.6 is 15.9 Å². The van der Waals surface area contributed by atoms with Gasteiger partial charge in [-0.3, -0.25) is 4.79 Å². The molecule has 0 fully saturated rings. The maximum atomic E-state index is 12.0. The minimum absolute atomic E-state index is 0.0972. The van der Waals surface area contributed by atoms with E-state index in [9.17, 15) is 4.79 Å². The zero-order chi connectivity index (χ0) is 17.5. The van der Waals surface area contributed by atoms with Crippen molar-refractivity contribution >= 4 is 27.5 Å². The van der Waals surface area contributed by atoms with E-state index in [1.54, 1.807) is 14.2 Å². The second-order valence-corrected chi connectivity index (χ2v) is 6.18. The summed E-state index contributed by atoms with van der Waals surface area (Å²) in [5.41, 5.74) is 2.90. The number of rotatable bonds is 7. The minimum atomic E-state index is -0.0972. The van der Waals surface area contributed by atoms with Crippen LogP contribution in [0.1, 0.15) is 11.1 Å². The molecule has 0 aliphatic heterocycles. The molecule has 0 radical (unpaired) electrons. The highest BCUT2D eigenvalue weighted by Gasteiger charge is 2.07. The quantitative estimate of drug-likeness (QED) is 0.756. The summed E-state index contributed by atoms with van der Waals surface area (Å²) in [5.74, 6) is 1.26. The molecule has 1 amide bonds. The maximum absolute atomic E-state index is 12.0. The summed E-state index contributed by atoms with van der Waals surface area (Å²) in [6.45, 7) is 2.78. The van der Waals surface area contributed by atoms with Gasteiger partial charge in [0, 0.05) is 11.0 Å². The summed E-state index contributed by atoms with van der Waals surface area (Å²) in [6.07, 6.45) is 0. The summed E-state index contributed by atoms with van der Waals surface area (Å²) in [7, 11) is 3.20. The van der Waals surface area contributed by atoms with E-state index in [1.165, 1.54) is 0 Å². The van der Waals surface area contributed by atoms with Gasteiger partial charge in [-0.25, -0.2) is 0 Å². The molecule has 128 valence electrons. The molecule has 0 bridgehead atoms. The maximum Gasteiger partial charge on any atom is 0.238 e. The van der Waals surface area contributed by atoms with E-state index in [0.717, 1.165) is 21.3 Å². The van der Waals surface area contributed by atoms with Gasteiger partial charge in [0.2, 0.25) is 5.91 Å². The highest BCUT2D eigenvalue weighted by atomic mass is 79.9. The van der Waals surface area contributed by atoms with Crippen molar-refractivity contribution in [2.24, 2.45) is 0 Å². The third-order valence-electron chi connectivity index (χ3n) is 3.46. The average molecular weight is 393 g/mol. The zero-order valence-corrected chi connectivity index (χ0v) is 15.6. The van der Waals surface area contributed by atoms with Gasteiger partial charge in [0.1, 0.15) is 0 Å². The molecule has 0 saturated carbocycles. The van der Waals surface area contributed by atoms with Crippen molar-refractivity contribution in [3.63, 3.8) is 0 Å². The van der Waals surface area contributed by atoms with Crippen LogP contribution in [0.3, 0.4) is 0 Å². The standard InChI is InChI=1S/C18H21BrN2O3/c1-12-4-6-15(14(19)8-12)21-18(22)11-20-10-13-5-7-16(23-2)17(9-13)24-3/h4-9,20H,10-11H2,1-3H3,(H,21,22). The molecule has 2 aromatic carbocycles. The van der Waals surface area contributed by atoms with Gasteiger partial charge in [-0.05, 0) is 58.2 Å². The number of halogens is 1. The number of methoxy groups -OCH3 is 2. The van der Waals surface area contributed by atoms with Crippen LogP contribution in [0.15, 0.2) is 40.9 Å². The summed E-state index contributed by atoms with van der Waals surface area (Å²) in [5, 5.41) is 5.99. The van der Waals surface area contributed by atoms with Crippen LogP contribution in [0.5, 0.6) is 11.5 Å². The van der Waals surface area contributed by atoms with Crippen molar-refractivity contribution in [1.82, 2.24) is 5.32 Å². The van der Waals surface area contributed by atoms with Crippen molar-refractivity contribution in [3.05, 3.63) is 52.0 Å². The molecule has 0 spiro atoms. The predicted molar refractivity (Wildman–Crippen MR) is 98.8 cm³/mol. The van der Waals surface area contributed by atoms with Crippen molar-refractivity contribution in [3.8, 4) is 11.5 Å². The first-order valence-corrected chi connectivity index (χ1v) is 8.30. The Hall–Kier alpha value is -2.05. The number of aryl methyl sites for hydroxylation is 1. The number of ether oxygens (including phenoxy) is 2. The summed E-state index contributed by atoms with van der Waals surface area (Å²) in [4.78, 5) is 12.0. The molecule has 5 nitrogen and oxygen atoms in total. The number of hydrogen-bond acceptors (Lipinski definition) is 4. The smallest absolute Gasteiger partial charge is 0.238 e. The molecule has 2 N–H and O–H groups in total. The SMILES string of the molecule is COc1ccc(CNCC(=O)Nc2ccc(C)cc2Br)cc1OC. The Kier molecular flexibility index (Phi) is 6.63. The van der Waals surface area contributed by atoms with Crippen LogP contribution in [-0.2, 0) is 11.3 Å². The number of nitrogens with one attached hydrogen (secondary N) is 2. The molecule has 2 aromatic rings. The number of benzene rings is 2. The lowest BCUT2D eigenvalue weighted by Gasteiger charge is -2.11. The second kappa shape index (κ2) is 8.70. The number of carbonyl (C=O) groups excluding carboxylic acids is 1. The first-order chi connectivity index (χ1) is 11.5. The van der Waals surface area contributed by atoms with Gasteiger partial charge >= 0.3 is 0 Å². The highest BCUT2D eigenvalue weighted by Crippen LogP contribution is 2.27. The zero-order valence-electron chi connectivity index (χ0n) is 14.0. The third kappa shape index (κ3) is 4.97. The molecule has 6 heteroatoms. The normalized spacial score (nSPS) is 10.3. The van der Waals surface area contributed by atoms with Crippen LogP contribution < -0.4 is 20.1 Å². The number of hydrogen-bond donors (Lipinski definition) is 2. The third-order valence-corrected chi connectivity index (χ3v) is 4.12. The van der Waals surface area contributed by atoms with Crippen LogP contribution in [0.4, 0.5) is 5.69 Å². The van der Waals surface area contributed by atoms with Crippen LogP contribution in [-0.4, -0.2) is 26.7 Å². The van der Waals surface area contributed by atoms with Crippen molar-refractivity contribution in [2.75, 3.05) is 26.1 Å². The Morgan fingerprint density at radius 1 is 1.08 bits per heavy atom. The van der Waals surface area contributed by atoms with Gasteiger partial charge in [0.15, 0.2) is 11.5 Å². The first-order valence-electron chi connectivity index (χ1n) is 7.51.